The van der Waals surface area contributed by atoms with Crippen LogP contribution in [0.25, 0.3) is 0 Å². The van der Waals surface area contributed by atoms with Crippen LogP contribution >= 0.6 is 0 Å². The molecule has 2 aromatic rings. The Morgan fingerprint density at radius 1 is 1.12 bits per heavy atom. The van der Waals surface area contributed by atoms with Crippen molar-refractivity contribution in [2.45, 2.75) is 88.7 Å². The molecule has 1 saturated heterocycles. The molecule has 0 bridgehead atoms. The number of phenols is 2. The van der Waals surface area contributed by atoms with E-state index in [1.165, 1.54) is 25.3 Å². The zero-order valence-electron chi connectivity index (χ0n) is 24.6. The molecule has 6 atom stereocenters. The summed E-state index contributed by atoms with van der Waals surface area (Å²) in [6.07, 6.45) is -4.79. The Morgan fingerprint density at radius 2 is 1.79 bits per heavy atom. The highest BCUT2D eigenvalue weighted by molar-refractivity contribution is 6.31. The molecule has 0 saturated carbocycles. The van der Waals surface area contributed by atoms with Crippen molar-refractivity contribution in [2.24, 2.45) is 0 Å². The number of nitrogens with one attached hydrogen (secondary N) is 1. The van der Waals surface area contributed by atoms with Crippen LogP contribution in [0.2, 0.25) is 0 Å². The summed E-state index contributed by atoms with van der Waals surface area (Å²) < 4.78 is 17.5. The van der Waals surface area contributed by atoms with Crippen LogP contribution in [-0.4, -0.2) is 92.3 Å². The van der Waals surface area contributed by atoms with Crippen LogP contribution in [0.4, 0.5) is 0 Å². The van der Waals surface area contributed by atoms with E-state index in [4.69, 9.17) is 14.2 Å². The summed E-state index contributed by atoms with van der Waals surface area (Å²) in [5, 5.41) is 58.2. The van der Waals surface area contributed by atoms with Gasteiger partial charge in [-0.2, -0.15) is 0 Å². The molecule has 1 fully saturated rings. The number of ether oxygens (including phenoxy) is 3. The number of rotatable bonds is 6. The van der Waals surface area contributed by atoms with Gasteiger partial charge in [0.2, 0.25) is 5.78 Å². The Labute approximate surface area is 248 Å². The Morgan fingerprint density at radius 3 is 2.42 bits per heavy atom. The number of fused-ring (bicyclic) bond motifs is 3. The third kappa shape index (κ3) is 5.22. The molecule has 6 N–H and O–H groups in total. The van der Waals surface area contributed by atoms with Crippen molar-refractivity contribution in [3.05, 3.63) is 51.6 Å². The molecule has 0 radical (unpaired) electrons. The number of aliphatic hydroxyl groups excluding tert-OH is 2. The van der Waals surface area contributed by atoms with Gasteiger partial charge in [-0.25, -0.2) is 0 Å². The number of phenolic OH excluding ortho intramolecular Hbond substituents is 2. The Bertz CT molecular complexity index is 1500. The summed E-state index contributed by atoms with van der Waals surface area (Å²) in [6, 6.07) is 3.93. The largest absolute Gasteiger partial charge is 0.507 e. The average Bonchev–Trinajstić information content (AvgIpc) is 2.94. The monoisotopic (exact) mass is 599 g/mol. The van der Waals surface area contributed by atoms with Crippen molar-refractivity contribution in [1.82, 2.24) is 5.32 Å². The van der Waals surface area contributed by atoms with Crippen LogP contribution in [0, 0.1) is 0 Å². The highest BCUT2D eigenvalue weighted by atomic mass is 16.7. The first kappa shape index (κ1) is 31.0. The van der Waals surface area contributed by atoms with E-state index in [1.807, 2.05) is 20.8 Å². The van der Waals surface area contributed by atoms with Crippen LogP contribution in [0.15, 0.2) is 18.2 Å². The number of hydrogen-bond donors (Lipinski definition) is 6. The van der Waals surface area contributed by atoms with Crippen molar-refractivity contribution < 1.29 is 54.1 Å². The summed E-state index contributed by atoms with van der Waals surface area (Å²) in [5.74, 6) is -3.70. The molecule has 1 aliphatic heterocycles. The van der Waals surface area contributed by atoms with Crippen LogP contribution in [0.5, 0.6) is 17.2 Å². The maximum atomic E-state index is 13.8. The first-order valence-corrected chi connectivity index (χ1v) is 14.1. The van der Waals surface area contributed by atoms with E-state index in [2.05, 4.69) is 5.32 Å². The fourth-order valence-electron chi connectivity index (χ4n) is 6.41. The lowest BCUT2D eigenvalue weighted by Crippen LogP contribution is -2.58. The molecule has 43 heavy (non-hydrogen) atoms. The van der Waals surface area contributed by atoms with E-state index in [9.17, 15) is 39.9 Å². The minimum absolute atomic E-state index is 0.0441. The van der Waals surface area contributed by atoms with Gasteiger partial charge < -0.3 is 45.1 Å². The fraction of sp³-hybridized carbons (Fsp3) is 0.516. The van der Waals surface area contributed by atoms with Crippen LogP contribution in [0.1, 0.15) is 89.6 Å². The van der Waals surface area contributed by atoms with Gasteiger partial charge in [-0.05, 0) is 33.8 Å². The summed E-state index contributed by atoms with van der Waals surface area (Å²) in [7, 11) is 1.33. The predicted octanol–water partition coefficient (Wildman–Crippen LogP) is 1.43. The zero-order valence-corrected chi connectivity index (χ0v) is 24.6. The molecule has 0 aromatic heterocycles. The quantitative estimate of drug-likeness (QED) is 0.224. The first-order valence-electron chi connectivity index (χ1n) is 14.1. The van der Waals surface area contributed by atoms with Crippen molar-refractivity contribution in [3.63, 3.8) is 0 Å². The number of hydrogen-bond acceptors (Lipinski definition) is 12. The molecule has 2 aromatic carbocycles. The topological polar surface area (TPSA) is 192 Å². The van der Waals surface area contributed by atoms with Gasteiger partial charge in [-0.3, -0.25) is 14.4 Å². The van der Waals surface area contributed by atoms with Crippen LogP contribution < -0.4 is 10.1 Å². The predicted molar refractivity (Wildman–Crippen MR) is 150 cm³/mol. The van der Waals surface area contributed by atoms with Crippen molar-refractivity contribution >= 4 is 17.3 Å². The maximum absolute atomic E-state index is 13.8. The molecular formula is C31H37NO11. The molecule has 12 nitrogen and oxygen atoms in total. The zero-order chi connectivity index (χ0) is 31.6. The number of Topliss-reactive ketones (excluding diaryl/α,β-unsaturated/α-hetero) is 1. The normalized spacial score (nSPS) is 28.6. The Balaban J connectivity index is 1.64. The molecule has 3 aliphatic rings. The summed E-state index contributed by atoms with van der Waals surface area (Å²) in [5.41, 5.74) is -3.91. The standard InChI is InChI=1S/C31H37NO11/c1-13-25(35)16(32-30(2,3)4)9-20(42-13)43-18-11-31(40,19(34)12-33)10-15-22(18)29(39)24-23(27(15)37)26(36)14-7-6-8-17(41-5)21(14)28(24)38/h6-8,13,16,18,20,25,32-33,35,37,39-40H,9-12H2,1-5H3/t13-,16?,18-,20-,25+,31-/m0/s1. The number of aromatic hydroxyl groups is 2. The van der Waals surface area contributed by atoms with Crippen molar-refractivity contribution in [3.8, 4) is 17.2 Å². The third-order valence-electron chi connectivity index (χ3n) is 8.38. The minimum Gasteiger partial charge on any atom is -0.507 e. The second kappa shape index (κ2) is 11.0. The van der Waals surface area contributed by atoms with E-state index in [1.54, 1.807) is 6.92 Å². The first-order chi connectivity index (χ1) is 20.1. The molecule has 232 valence electrons. The number of carbonyl (C=O) groups excluding carboxylic acids is 3. The molecule has 0 spiro atoms. The number of benzene rings is 2. The summed E-state index contributed by atoms with van der Waals surface area (Å²) >= 11 is 0. The van der Waals surface area contributed by atoms with Gasteiger partial charge in [0.25, 0.3) is 0 Å². The number of methoxy groups -OCH3 is 1. The fourth-order valence-corrected chi connectivity index (χ4v) is 6.41. The highest BCUT2D eigenvalue weighted by Gasteiger charge is 2.50. The van der Waals surface area contributed by atoms with Gasteiger partial charge >= 0.3 is 0 Å². The lowest BCUT2D eigenvalue weighted by Gasteiger charge is -2.44. The smallest absolute Gasteiger partial charge is 0.202 e. The average molecular weight is 600 g/mol. The Hall–Kier alpha value is -3.39. The third-order valence-corrected chi connectivity index (χ3v) is 8.38. The van der Waals surface area contributed by atoms with Crippen LogP contribution in [0.3, 0.4) is 0 Å². The number of carbonyl (C=O) groups is 3. The SMILES string of the molecule is COc1cccc2c1C(=O)c1c(O)c3c(c(O)c1C2=O)C[C@@](O)(C(=O)CO)C[C@@H]3O[C@H]1CC(NC(C)(C)C)[C@H](O)[C@H](C)O1. The maximum Gasteiger partial charge on any atom is 0.202 e. The summed E-state index contributed by atoms with van der Waals surface area (Å²) in [6.45, 7) is 6.45. The van der Waals surface area contributed by atoms with Gasteiger partial charge in [0.1, 0.15) is 29.5 Å². The van der Waals surface area contributed by atoms with Crippen molar-refractivity contribution in [1.29, 1.82) is 0 Å². The second-order valence-corrected chi connectivity index (χ2v) is 12.5. The van der Waals surface area contributed by atoms with Gasteiger partial charge in [-0.15, -0.1) is 0 Å². The molecule has 12 heteroatoms. The molecular weight excluding hydrogens is 562 g/mol. The second-order valence-electron chi connectivity index (χ2n) is 12.5. The lowest BCUT2D eigenvalue weighted by molar-refractivity contribution is -0.250. The lowest BCUT2D eigenvalue weighted by atomic mass is 9.72. The molecule has 5 rings (SSSR count). The van der Waals surface area contributed by atoms with E-state index in [-0.39, 0.29) is 40.0 Å². The minimum atomic E-state index is -2.24. The van der Waals surface area contributed by atoms with E-state index in [0.717, 1.165) is 0 Å². The molecule has 2 aliphatic carbocycles. The van der Waals surface area contributed by atoms with Gasteiger partial charge in [0, 0.05) is 47.5 Å². The van der Waals surface area contributed by atoms with Crippen LogP contribution in [-0.2, 0) is 20.7 Å². The van der Waals surface area contributed by atoms with E-state index >= 15 is 0 Å². The number of aliphatic hydroxyl groups is 3. The van der Waals surface area contributed by atoms with Gasteiger partial charge in [0.15, 0.2) is 17.9 Å². The van der Waals surface area contributed by atoms with E-state index in [0.29, 0.717) is 0 Å². The highest BCUT2D eigenvalue weighted by Crippen LogP contribution is 2.52. The van der Waals surface area contributed by atoms with Crippen molar-refractivity contribution in [2.75, 3.05) is 13.7 Å². The molecule has 1 unspecified atom stereocenters. The van der Waals surface area contributed by atoms with Gasteiger partial charge in [0.05, 0.1) is 42.1 Å². The van der Waals surface area contributed by atoms with Gasteiger partial charge in [-0.1, -0.05) is 12.1 Å². The number of ketones is 3. The van der Waals surface area contributed by atoms with E-state index < -0.39 is 95.7 Å². The molecule has 1 heterocycles. The summed E-state index contributed by atoms with van der Waals surface area (Å²) in [4.78, 5) is 40.2. The molecule has 0 amide bonds. The Kier molecular flexibility index (Phi) is 7.91.